The number of amidine groups is 1. The van der Waals surface area contributed by atoms with Crippen LogP contribution in [0.5, 0.6) is 0 Å². The fourth-order valence-corrected chi connectivity index (χ4v) is 1.49. The maximum absolute atomic E-state index is 11.0. The van der Waals surface area contributed by atoms with Crippen LogP contribution in [0.2, 0.25) is 0 Å². The minimum Gasteiger partial charge on any atom is -0.478 e. The van der Waals surface area contributed by atoms with Crippen molar-refractivity contribution >= 4 is 28.6 Å². The molecular formula is C11H8N4O2S. The van der Waals surface area contributed by atoms with Crippen molar-refractivity contribution in [1.29, 1.82) is 10.5 Å². The molecule has 1 aromatic carbocycles. The first-order valence-electron chi connectivity index (χ1n) is 4.67. The van der Waals surface area contributed by atoms with Gasteiger partial charge in [0.25, 0.3) is 0 Å². The molecule has 0 aliphatic rings. The second-order valence-electron chi connectivity index (χ2n) is 3.01. The van der Waals surface area contributed by atoms with E-state index < -0.39 is 5.97 Å². The fourth-order valence-electron chi connectivity index (χ4n) is 1.16. The van der Waals surface area contributed by atoms with Crippen LogP contribution in [0.3, 0.4) is 0 Å². The standard InChI is InChI=1S/C11H8N4O2S/c1-18-11(14-6-13)15-9-4-7(5-12)2-3-8(9)10(16)17/h2-4H,1H3,(H,14,15)(H,16,17). The monoisotopic (exact) mass is 260 g/mol. The van der Waals surface area contributed by atoms with Crippen LogP contribution in [0.25, 0.3) is 0 Å². The topological polar surface area (TPSA) is 109 Å². The van der Waals surface area contributed by atoms with Gasteiger partial charge in [0.15, 0.2) is 11.4 Å². The van der Waals surface area contributed by atoms with E-state index in [9.17, 15) is 4.79 Å². The van der Waals surface area contributed by atoms with Crippen molar-refractivity contribution in [2.45, 2.75) is 0 Å². The molecule has 0 aliphatic carbocycles. The number of nitriles is 2. The normalized spacial score (nSPS) is 10.3. The van der Waals surface area contributed by atoms with E-state index >= 15 is 0 Å². The van der Waals surface area contributed by atoms with Crippen LogP contribution in [-0.4, -0.2) is 22.5 Å². The number of nitrogens with one attached hydrogen (secondary N) is 1. The summed E-state index contributed by atoms with van der Waals surface area (Å²) in [4.78, 5) is 15.0. The summed E-state index contributed by atoms with van der Waals surface area (Å²) < 4.78 is 0. The van der Waals surface area contributed by atoms with Crippen LogP contribution in [0, 0.1) is 22.8 Å². The molecular weight excluding hydrogens is 252 g/mol. The zero-order valence-corrected chi connectivity index (χ0v) is 10.2. The van der Waals surface area contributed by atoms with E-state index in [4.69, 9.17) is 15.6 Å². The predicted octanol–water partition coefficient (Wildman–Crippen LogP) is 1.68. The van der Waals surface area contributed by atoms with Gasteiger partial charge in [-0.2, -0.15) is 10.5 Å². The van der Waals surface area contributed by atoms with Crippen molar-refractivity contribution in [3.63, 3.8) is 0 Å². The van der Waals surface area contributed by atoms with E-state index in [1.165, 1.54) is 18.2 Å². The minimum atomic E-state index is -1.14. The highest BCUT2D eigenvalue weighted by Crippen LogP contribution is 2.22. The highest BCUT2D eigenvalue weighted by Gasteiger charge is 2.11. The maximum Gasteiger partial charge on any atom is 0.337 e. The van der Waals surface area contributed by atoms with E-state index in [2.05, 4.69) is 10.3 Å². The summed E-state index contributed by atoms with van der Waals surface area (Å²) in [5.41, 5.74) is 0.408. The average molecular weight is 260 g/mol. The summed E-state index contributed by atoms with van der Waals surface area (Å²) in [6.07, 6.45) is 3.39. The van der Waals surface area contributed by atoms with Gasteiger partial charge in [-0.15, -0.1) is 0 Å². The molecule has 0 heterocycles. The van der Waals surface area contributed by atoms with E-state index in [0.29, 0.717) is 5.56 Å². The van der Waals surface area contributed by atoms with Gasteiger partial charge in [0.1, 0.15) is 0 Å². The van der Waals surface area contributed by atoms with E-state index in [-0.39, 0.29) is 16.4 Å². The molecule has 0 fully saturated rings. The molecule has 90 valence electrons. The summed E-state index contributed by atoms with van der Waals surface area (Å²) in [5, 5.41) is 28.9. The van der Waals surface area contributed by atoms with E-state index in [1.807, 2.05) is 6.07 Å². The van der Waals surface area contributed by atoms with Gasteiger partial charge in [-0.3, -0.25) is 5.32 Å². The Balaban J connectivity index is 3.32. The van der Waals surface area contributed by atoms with Crippen molar-refractivity contribution < 1.29 is 9.90 Å². The number of carboxylic acid groups (broad SMARTS) is 1. The van der Waals surface area contributed by atoms with Gasteiger partial charge in [0.2, 0.25) is 0 Å². The summed E-state index contributed by atoms with van der Waals surface area (Å²) in [7, 11) is 0. The fraction of sp³-hybridized carbons (Fsp3) is 0.0909. The zero-order valence-electron chi connectivity index (χ0n) is 9.34. The number of hydrogen-bond acceptors (Lipinski definition) is 5. The third-order valence-electron chi connectivity index (χ3n) is 1.94. The number of carboxylic acids is 1. The molecule has 18 heavy (non-hydrogen) atoms. The number of aliphatic imine (C=N–C) groups is 1. The maximum atomic E-state index is 11.0. The molecule has 6 nitrogen and oxygen atoms in total. The number of benzene rings is 1. The van der Waals surface area contributed by atoms with Crippen LogP contribution in [0.4, 0.5) is 5.69 Å². The molecule has 0 amide bonds. The van der Waals surface area contributed by atoms with Crippen LogP contribution < -0.4 is 5.32 Å². The van der Waals surface area contributed by atoms with Gasteiger partial charge in [-0.1, -0.05) is 11.8 Å². The quantitative estimate of drug-likeness (QED) is 0.362. The van der Waals surface area contributed by atoms with Crippen LogP contribution >= 0.6 is 11.8 Å². The lowest BCUT2D eigenvalue weighted by Crippen LogP contribution is -2.13. The third kappa shape index (κ3) is 3.24. The van der Waals surface area contributed by atoms with Crippen molar-refractivity contribution in [3.05, 3.63) is 29.3 Å². The van der Waals surface area contributed by atoms with Crippen molar-refractivity contribution in [3.8, 4) is 12.3 Å². The molecule has 0 aliphatic heterocycles. The Hall–Kier alpha value is -2.51. The highest BCUT2D eigenvalue weighted by atomic mass is 32.2. The molecule has 1 aromatic rings. The van der Waals surface area contributed by atoms with Crippen LogP contribution in [-0.2, 0) is 0 Å². The molecule has 7 heteroatoms. The smallest absolute Gasteiger partial charge is 0.337 e. The number of rotatable bonds is 2. The van der Waals surface area contributed by atoms with Crippen LogP contribution in [0.1, 0.15) is 15.9 Å². The number of thioether (sulfide) groups is 1. The minimum absolute atomic E-state index is 0.0275. The number of aromatic carboxylic acids is 1. The highest BCUT2D eigenvalue weighted by molar-refractivity contribution is 8.13. The molecule has 0 spiro atoms. The molecule has 0 radical (unpaired) electrons. The molecule has 0 saturated heterocycles. The number of hydrogen-bond donors (Lipinski definition) is 2. The van der Waals surface area contributed by atoms with Gasteiger partial charge in [0, 0.05) is 0 Å². The first kappa shape index (κ1) is 13.6. The lowest BCUT2D eigenvalue weighted by Gasteiger charge is -2.03. The Kier molecular flexibility index (Phi) is 4.73. The molecule has 2 N–H and O–H groups in total. The molecule has 0 unspecified atom stereocenters. The summed E-state index contributed by atoms with van der Waals surface area (Å²) in [5.74, 6) is -1.14. The summed E-state index contributed by atoms with van der Waals surface area (Å²) in [6.45, 7) is 0. The summed E-state index contributed by atoms with van der Waals surface area (Å²) >= 11 is 1.16. The molecule has 1 rings (SSSR count). The average Bonchev–Trinajstić information content (AvgIpc) is 2.37. The Bertz CT molecular complexity index is 584. The third-order valence-corrected chi connectivity index (χ3v) is 2.52. The molecule has 0 aromatic heterocycles. The van der Waals surface area contributed by atoms with Crippen molar-refractivity contribution in [1.82, 2.24) is 5.32 Å². The Morgan fingerprint density at radius 1 is 1.50 bits per heavy atom. The predicted molar refractivity (Wildman–Crippen MR) is 67.5 cm³/mol. The van der Waals surface area contributed by atoms with Crippen LogP contribution in [0.15, 0.2) is 23.2 Å². The first-order valence-corrected chi connectivity index (χ1v) is 5.90. The van der Waals surface area contributed by atoms with E-state index in [1.54, 1.807) is 12.4 Å². The van der Waals surface area contributed by atoms with Gasteiger partial charge < -0.3 is 5.11 Å². The second-order valence-corrected chi connectivity index (χ2v) is 3.80. The Morgan fingerprint density at radius 2 is 2.22 bits per heavy atom. The lowest BCUT2D eigenvalue weighted by atomic mass is 10.1. The lowest BCUT2D eigenvalue weighted by molar-refractivity contribution is 0.0698. The molecule has 0 saturated carbocycles. The Morgan fingerprint density at radius 3 is 2.72 bits per heavy atom. The second kappa shape index (κ2) is 6.28. The zero-order chi connectivity index (χ0) is 13.5. The van der Waals surface area contributed by atoms with Crippen molar-refractivity contribution in [2.24, 2.45) is 4.99 Å². The number of carbonyl (C=O) groups is 1. The largest absolute Gasteiger partial charge is 0.478 e. The SMILES string of the molecule is CSC(=Nc1cc(C#N)ccc1C(=O)O)NC#N. The Labute approximate surface area is 108 Å². The molecule has 0 bridgehead atoms. The van der Waals surface area contributed by atoms with E-state index in [0.717, 1.165) is 11.8 Å². The molecule has 0 atom stereocenters. The van der Waals surface area contributed by atoms with Gasteiger partial charge in [0.05, 0.1) is 22.9 Å². The summed E-state index contributed by atoms with van der Waals surface area (Å²) in [6, 6.07) is 5.97. The van der Waals surface area contributed by atoms with Gasteiger partial charge in [-0.25, -0.2) is 9.79 Å². The van der Waals surface area contributed by atoms with Gasteiger partial charge >= 0.3 is 5.97 Å². The van der Waals surface area contributed by atoms with Crippen molar-refractivity contribution in [2.75, 3.05) is 6.26 Å². The van der Waals surface area contributed by atoms with Gasteiger partial charge in [-0.05, 0) is 24.5 Å². The first-order chi connectivity index (χ1) is 8.62. The number of nitrogens with zero attached hydrogens (tertiary/aromatic N) is 3.